The molecule has 0 aromatic carbocycles. The zero-order valence-corrected chi connectivity index (χ0v) is 13.1. The van der Waals surface area contributed by atoms with Gasteiger partial charge >= 0.3 is 0 Å². The zero-order chi connectivity index (χ0) is 14.3. The third kappa shape index (κ3) is 4.46. The summed E-state index contributed by atoms with van der Waals surface area (Å²) >= 11 is 0. The second-order valence-corrected chi connectivity index (χ2v) is 5.86. The van der Waals surface area contributed by atoms with Crippen molar-refractivity contribution in [2.24, 2.45) is 0 Å². The van der Waals surface area contributed by atoms with Crippen LogP contribution < -0.4 is 10.6 Å². The third-order valence-corrected chi connectivity index (χ3v) is 4.45. The van der Waals surface area contributed by atoms with Gasteiger partial charge in [-0.3, -0.25) is 4.79 Å². The standard InChI is InChI=1S/C15H31N3O/c1-5-8-15(9-7-10-17-15)14(19)16-11-12-18(4)13(3)6-2/h13,17H,5-12H2,1-4H3,(H,16,19). The van der Waals surface area contributed by atoms with Crippen LogP contribution in [0.4, 0.5) is 0 Å². The van der Waals surface area contributed by atoms with Crippen LogP contribution in [-0.4, -0.2) is 49.1 Å². The van der Waals surface area contributed by atoms with E-state index in [2.05, 4.69) is 43.4 Å². The topological polar surface area (TPSA) is 44.4 Å². The average Bonchev–Trinajstić information content (AvgIpc) is 2.87. The first-order valence-electron chi connectivity index (χ1n) is 7.79. The van der Waals surface area contributed by atoms with Gasteiger partial charge in [0.15, 0.2) is 0 Å². The van der Waals surface area contributed by atoms with Gasteiger partial charge in [-0.05, 0) is 46.2 Å². The first-order valence-corrected chi connectivity index (χ1v) is 7.79. The number of rotatable bonds is 8. The summed E-state index contributed by atoms with van der Waals surface area (Å²) < 4.78 is 0. The van der Waals surface area contributed by atoms with Crippen LogP contribution >= 0.6 is 0 Å². The second kappa shape index (κ2) is 7.85. The van der Waals surface area contributed by atoms with Crippen LogP contribution in [0, 0.1) is 0 Å². The molecular formula is C15H31N3O. The fourth-order valence-electron chi connectivity index (χ4n) is 2.80. The molecule has 2 N–H and O–H groups in total. The van der Waals surface area contributed by atoms with E-state index in [4.69, 9.17) is 0 Å². The monoisotopic (exact) mass is 269 g/mol. The van der Waals surface area contributed by atoms with Crippen molar-refractivity contribution in [1.29, 1.82) is 0 Å². The molecule has 0 aromatic rings. The highest BCUT2D eigenvalue weighted by Crippen LogP contribution is 2.24. The lowest BCUT2D eigenvalue weighted by Crippen LogP contribution is -2.54. The number of hydrogen-bond acceptors (Lipinski definition) is 3. The molecule has 0 aromatic heterocycles. The molecule has 1 heterocycles. The van der Waals surface area contributed by atoms with E-state index >= 15 is 0 Å². The summed E-state index contributed by atoms with van der Waals surface area (Å²) in [4.78, 5) is 14.7. The molecule has 1 aliphatic heterocycles. The first kappa shape index (κ1) is 16.4. The molecule has 0 spiro atoms. The van der Waals surface area contributed by atoms with Crippen LogP contribution in [0.1, 0.15) is 52.9 Å². The average molecular weight is 269 g/mol. The van der Waals surface area contributed by atoms with Crippen molar-refractivity contribution in [3.05, 3.63) is 0 Å². The van der Waals surface area contributed by atoms with Gasteiger partial charge in [0.05, 0.1) is 5.54 Å². The Labute approximate surface area is 118 Å². The number of carbonyl (C=O) groups excluding carboxylic acids is 1. The lowest BCUT2D eigenvalue weighted by Gasteiger charge is -2.29. The van der Waals surface area contributed by atoms with E-state index in [0.29, 0.717) is 6.04 Å². The van der Waals surface area contributed by atoms with Gasteiger partial charge in [0.1, 0.15) is 0 Å². The molecule has 0 radical (unpaired) electrons. The Kier molecular flexibility index (Phi) is 6.80. The van der Waals surface area contributed by atoms with Gasteiger partial charge in [-0.2, -0.15) is 0 Å². The van der Waals surface area contributed by atoms with Gasteiger partial charge in [-0.15, -0.1) is 0 Å². The molecule has 19 heavy (non-hydrogen) atoms. The lowest BCUT2D eigenvalue weighted by molar-refractivity contribution is -0.127. The van der Waals surface area contributed by atoms with E-state index in [-0.39, 0.29) is 11.4 Å². The van der Waals surface area contributed by atoms with Crippen LogP contribution in [0.3, 0.4) is 0 Å². The summed E-state index contributed by atoms with van der Waals surface area (Å²) in [6.07, 6.45) is 5.23. The molecule has 1 aliphatic rings. The molecular weight excluding hydrogens is 238 g/mol. The van der Waals surface area contributed by atoms with Gasteiger partial charge in [0, 0.05) is 19.1 Å². The maximum Gasteiger partial charge on any atom is 0.240 e. The highest BCUT2D eigenvalue weighted by atomic mass is 16.2. The second-order valence-electron chi connectivity index (χ2n) is 5.86. The Balaban J connectivity index is 2.37. The Morgan fingerprint density at radius 3 is 2.74 bits per heavy atom. The third-order valence-electron chi connectivity index (χ3n) is 4.45. The van der Waals surface area contributed by atoms with Crippen LogP contribution in [0.25, 0.3) is 0 Å². The molecule has 112 valence electrons. The number of amides is 1. The molecule has 1 saturated heterocycles. The largest absolute Gasteiger partial charge is 0.353 e. The summed E-state index contributed by atoms with van der Waals surface area (Å²) in [6.45, 7) is 9.19. The molecule has 1 amide bonds. The van der Waals surface area contributed by atoms with Gasteiger partial charge in [0.2, 0.25) is 5.91 Å². The van der Waals surface area contributed by atoms with Crippen molar-refractivity contribution < 1.29 is 4.79 Å². The Hall–Kier alpha value is -0.610. The fourth-order valence-corrected chi connectivity index (χ4v) is 2.80. The van der Waals surface area contributed by atoms with Crippen molar-refractivity contribution in [3.8, 4) is 0 Å². The summed E-state index contributed by atoms with van der Waals surface area (Å²) in [5.74, 6) is 0.199. The molecule has 0 saturated carbocycles. The van der Waals surface area contributed by atoms with E-state index in [0.717, 1.165) is 51.7 Å². The number of likely N-dealkylation sites (N-methyl/N-ethyl adjacent to an activating group) is 1. The van der Waals surface area contributed by atoms with Gasteiger partial charge in [0.25, 0.3) is 0 Å². The van der Waals surface area contributed by atoms with E-state index in [9.17, 15) is 4.79 Å². The smallest absolute Gasteiger partial charge is 0.240 e. The van der Waals surface area contributed by atoms with E-state index in [1.807, 2.05) is 0 Å². The minimum Gasteiger partial charge on any atom is -0.353 e. The van der Waals surface area contributed by atoms with Crippen LogP contribution in [-0.2, 0) is 4.79 Å². The highest BCUT2D eigenvalue weighted by molar-refractivity contribution is 5.86. The molecule has 2 unspecified atom stereocenters. The minimum atomic E-state index is -0.288. The van der Waals surface area contributed by atoms with Crippen molar-refractivity contribution in [3.63, 3.8) is 0 Å². The fraction of sp³-hybridized carbons (Fsp3) is 0.933. The van der Waals surface area contributed by atoms with Crippen molar-refractivity contribution >= 4 is 5.91 Å². The highest BCUT2D eigenvalue weighted by Gasteiger charge is 2.39. The Morgan fingerprint density at radius 1 is 1.47 bits per heavy atom. The first-order chi connectivity index (χ1) is 9.05. The predicted octanol–water partition coefficient (Wildman–Crippen LogP) is 1.76. The Bertz CT molecular complexity index is 275. The van der Waals surface area contributed by atoms with Gasteiger partial charge in [-0.25, -0.2) is 0 Å². The van der Waals surface area contributed by atoms with Gasteiger partial charge in [-0.1, -0.05) is 20.3 Å². The number of hydrogen-bond donors (Lipinski definition) is 2. The molecule has 1 fully saturated rings. The minimum absolute atomic E-state index is 0.199. The van der Waals surface area contributed by atoms with E-state index in [1.165, 1.54) is 0 Å². The summed E-state index contributed by atoms with van der Waals surface area (Å²) in [6, 6.07) is 0.575. The maximum absolute atomic E-state index is 12.4. The van der Waals surface area contributed by atoms with E-state index in [1.54, 1.807) is 0 Å². The SMILES string of the molecule is CCCC1(C(=O)NCCN(C)C(C)CC)CCCN1. The van der Waals surface area contributed by atoms with Crippen molar-refractivity contribution in [2.45, 2.75) is 64.5 Å². The number of nitrogens with zero attached hydrogens (tertiary/aromatic N) is 1. The molecule has 0 aliphatic carbocycles. The Morgan fingerprint density at radius 2 is 2.21 bits per heavy atom. The van der Waals surface area contributed by atoms with Crippen LogP contribution in [0.2, 0.25) is 0 Å². The molecule has 0 bridgehead atoms. The summed E-state index contributed by atoms with van der Waals surface area (Å²) in [5, 5.41) is 6.53. The lowest BCUT2D eigenvalue weighted by atomic mass is 9.91. The summed E-state index contributed by atoms with van der Waals surface area (Å²) in [5.41, 5.74) is -0.288. The molecule has 4 nitrogen and oxygen atoms in total. The van der Waals surface area contributed by atoms with Crippen molar-refractivity contribution in [2.75, 3.05) is 26.7 Å². The normalized spacial score (nSPS) is 24.7. The number of carbonyl (C=O) groups is 1. The number of nitrogens with one attached hydrogen (secondary N) is 2. The molecule has 2 atom stereocenters. The molecule has 4 heteroatoms. The van der Waals surface area contributed by atoms with Crippen molar-refractivity contribution in [1.82, 2.24) is 15.5 Å². The van der Waals surface area contributed by atoms with Gasteiger partial charge < -0.3 is 15.5 Å². The summed E-state index contributed by atoms with van der Waals surface area (Å²) in [7, 11) is 2.12. The maximum atomic E-state index is 12.4. The van der Waals surface area contributed by atoms with E-state index < -0.39 is 0 Å². The van der Waals surface area contributed by atoms with Crippen LogP contribution in [0.5, 0.6) is 0 Å². The van der Waals surface area contributed by atoms with Crippen LogP contribution in [0.15, 0.2) is 0 Å². The zero-order valence-electron chi connectivity index (χ0n) is 13.1. The molecule has 1 rings (SSSR count). The predicted molar refractivity (Wildman–Crippen MR) is 80.3 cm³/mol. The quantitative estimate of drug-likeness (QED) is 0.706.